The molecule has 0 spiro atoms. The summed E-state index contributed by atoms with van der Waals surface area (Å²) in [7, 11) is 1.86. The van der Waals surface area contributed by atoms with Gasteiger partial charge in [0.05, 0.1) is 5.69 Å². The molecule has 1 aromatic rings. The predicted molar refractivity (Wildman–Crippen MR) is 53.7 cm³/mol. The highest BCUT2D eigenvalue weighted by Crippen LogP contribution is 2.04. The summed E-state index contributed by atoms with van der Waals surface area (Å²) in [6.45, 7) is 4.72. The van der Waals surface area contributed by atoms with Crippen molar-refractivity contribution in [2.45, 2.75) is 33.2 Å². The third-order valence-corrected chi connectivity index (χ3v) is 2.43. The van der Waals surface area contributed by atoms with Crippen molar-refractivity contribution in [2.75, 3.05) is 5.73 Å². The van der Waals surface area contributed by atoms with Gasteiger partial charge < -0.3 is 5.73 Å². The summed E-state index contributed by atoms with van der Waals surface area (Å²) in [6, 6.07) is 0. The molecule has 1 aromatic heterocycles. The van der Waals surface area contributed by atoms with Gasteiger partial charge in [-0.2, -0.15) is 0 Å². The minimum absolute atomic E-state index is 0.0616. The number of nitrogen functional groups attached to an aromatic ring is 1. The first-order chi connectivity index (χ1) is 6.09. The van der Waals surface area contributed by atoms with Crippen molar-refractivity contribution in [3.8, 4) is 0 Å². The second kappa shape index (κ2) is 3.68. The Labute approximate surface area is 77.9 Å². The van der Waals surface area contributed by atoms with Crippen LogP contribution in [0.15, 0.2) is 4.79 Å². The van der Waals surface area contributed by atoms with Crippen molar-refractivity contribution in [3.05, 3.63) is 16.0 Å². The van der Waals surface area contributed by atoms with Gasteiger partial charge >= 0.3 is 0 Å². The molecular formula is C9H17N3O. The molecule has 0 bridgehead atoms. The van der Waals surface area contributed by atoms with E-state index in [1.807, 2.05) is 18.7 Å². The second-order valence-electron chi connectivity index (χ2n) is 3.30. The van der Waals surface area contributed by atoms with Crippen LogP contribution in [0.5, 0.6) is 0 Å². The lowest BCUT2D eigenvalue weighted by Gasteiger charge is -2.06. The third kappa shape index (κ3) is 1.61. The van der Waals surface area contributed by atoms with E-state index < -0.39 is 0 Å². The predicted octanol–water partition coefficient (Wildman–Crippen LogP) is 0.878. The van der Waals surface area contributed by atoms with E-state index in [-0.39, 0.29) is 5.56 Å². The Morgan fingerprint density at radius 3 is 2.46 bits per heavy atom. The number of unbranched alkanes of at least 4 members (excludes halogenated alkanes) is 1. The molecule has 1 heterocycles. The fraction of sp³-hybridized carbons (Fsp3) is 0.667. The summed E-state index contributed by atoms with van der Waals surface area (Å²) in [4.78, 5) is 11.5. The van der Waals surface area contributed by atoms with Gasteiger partial charge in [0.25, 0.3) is 5.56 Å². The van der Waals surface area contributed by atoms with E-state index in [2.05, 4.69) is 6.92 Å². The van der Waals surface area contributed by atoms with Crippen molar-refractivity contribution < 1.29 is 0 Å². The number of aromatic nitrogens is 2. The molecule has 0 aliphatic rings. The Balaban J connectivity index is 3.07. The maximum atomic E-state index is 11.5. The van der Waals surface area contributed by atoms with E-state index in [9.17, 15) is 4.79 Å². The summed E-state index contributed by atoms with van der Waals surface area (Å²) >= 11 is 0. The molecule has 0 unspecified atom stereocenters. The van der Waals surface area contributed by atoms with Gasteiger partial charge in [0.1, 0.15) is 5.69 Å². The Kier molecular flexibility index (Phi) is 2.80. The third-order valence-electron chi connectivity index (χ3n) is 2.43. The quantitative estimate of drug-likeness (QED) is 0.756. The average molecular weight is 183 g/mol. The smallest absolute Gasteiger partial charge is 0.290 e. The van der Waals surface area contributed by atoms with Gasteiger partial charge in [0.15, 0.2) is 0 Å². The summed E-state index contributed by atoms with van der Waals surface area (Å²) in [5.41, 5.74) is 6.78. The number of hydrogen-bond donors (Lipinski definition) is 1. The minimum atomic E-state index is -0.0616. The standard InChI is InChI=1S/C9H17N3O/c1-4-5-6-12-9(13)8(10)7(2)11(12)3/h4-6,10H2,1-3H3. The topological polar surface area (TPSA) is 52.9 Å². The summed E-state index contributed by atoms with van der Waals surface area (Å²) in [5.74, 6) is 0. The Morgan fingerprint density at radius 2 is 2.08 bits per heavy atom. The van der Waals surface area contributed by atoms with Gasteiger partial charge in [-0.15, -0.1) is 0 Å². The average Bonchev–Trinajstić information content (AvgIpc) is 2.30. The first kappa shape index (κ1) is 9.89. The molecule has 0 amide bonds. The van der Waals surface area contributed by atoms with Gasteiger partial charge in [-0.3, -0.25) is 9.48 Å². The van der Waals surface area contributed by atoms with Crippen LogP contribution in [0.2, 0.25) is 0 Å². The molecule has 0 aromatic carbocycles. The minimum Gasteiger partial charge on any atom is -0.393 e. The molecular weight excluding hydrogens is 166 g/mol. The van der Waals surface area contributed by atoms with Crippen molar-refractivity contribution in [1.82, 2.24) is 9.36 Å². The Bertz CT molecular complexity index is 348. The van der Waals surface area contributed by atoms with Crippen molar-refractivity contribution >= 4 is 5.69 Å². The molecule has 0 atom stereocenters. The van der Waals surface area contributed by atoms with Crippen molar-refractivity contribution in [3.63, 3.8) is 0 Å². The SMILES string of the molecule is CCCCn1c(=O)c(N)c(C)n1C. The van der Waals surface area contributed by atoms with Crippen molar-refractivity contribution in [2.24, 2.45) is 7.05 Å². The lowest BCUT2D eigenvalue weighted by Crippen LogP contribution is -2.22. The van der Waals surface area contributed by atoms with Gasteiger partial charge in [0.2, 0.25) is 0 Å². The van der Waals surface area contributed by atoms with E-state index in [4.69, 9.17) is 5.73 Å². The molecule has 0 aliphatic heterocycles. The summed E-state index contributed by atoms with van der Waals surface area (Å²) in [5, 5.41) is 0. The maximum Gasteiger partial charge on any atom is 0.290 e. The highest BCUT2D eigenvalue weighted by molar-refractivity contribution is 5.40. The number of rotatable bonds is 3. The fourth-order valence-electron chi connectivity index (χ4n) is 1.34. The van der Waals surface area contributed by atoms with Crippen LogP contribution in [0, 0.1) is 6.92 Å². The molecule has 0 fully saturated rings. The molecule has 13 heavy (non-hydrogen) atoms. The molecule has 74 valence electrons. The number of hydrogen-bond acceptors (Lipinski definition) is 2. The Hall–Kier alpha value is -1.19. The van der Waals surface area contributed by atoms with E-state index in [0.29, 0.717) is 5.69 Å². The maximum absolute atomic E-state index is 11.5. The zero-order valence-corrected chi connectivity index (χ0v) is 8.50. The monoisotopic (exact) mass is 183 g/mol. The lowest BCUT2D eigenvalue weighted by atomic mass is 10.3. The first-order valence-electron chi connectivity index (χ1n) is 4.61. The van der Waals surface area contributed by atoms with Crippen LogP contribution in [0.25, 0.3) is 0 Å². The van der Waals surface area contributed by atoms with E-state index in [0.717, 1.165) is 25.1 Å². The number of nitrogens with zero attached hydrogens (tertiary/aromatic N) is 2. The van der Waals surface area contributed by atoms with Crippen molar-refractivity contribution in [1.29, 1.82) is 0 Å². The number of anilines is 1. The zero-order valence-electron chi connectivity index (χ0n) is 8.50. The molecule has 0 saturated carbocycles. The van der Waals surface area contributed by atoms with Crippen LogP contribution in [0.3, 0.4) is 0 Å². The highest BCUT2D eigenvalue weighted by atomic mass is 16.1. The van der Waals surface area contributed by atoms with E-state index in [1.54, 1.807) is 4.68 Å². The molecule has 1 rings (SSSR count). The van der Waals surface area contributed by atoms with Crippen LogP contribution in [0.4, 0.5) is 5.69 Å². The van der Waals surface area contributed by atoms with Crippen LogP contribution >= 0.6 is 0 Å². The fourth-order valence-corrected chi connectivity index (χ4v) is 1.34. The zero-order chi connectivity index (χ0) is 10.0. The molecule has 0 radical (unpaired) electrons. The van der Waals surface area contributed by atoms with Crippen LogP contribution in [-0.2, 0) is 13.6 Å². The lowest BCUT2D eigenvalue weighted by molar-refractivity contribution is 0.468. The largest absolute Gasteiger partial charge is 0.393 e. The van der Waals surface area contributed by atoms with Gasteiger partial charge in [0, 0.05) is 13.6 Å². The summed E-state index contributed by atoms with van der Waals surface area (Å²) in [6.07, 6.45) is 2.09. The van der Waals surface area contributed by atoms with E-state index >= 15 is 0 Å². The highest BCUT2D eigenvalue weighted by Gasteiger charge is 2.09. The van der Waals surface area contributed by atoms with Gasteiger partial charge in [-0.05, 0) is 13.3 Å². The second-order valence-corrected chi connectivity index (χ2v) is 3.30. The molecule has 4 nitrogen and oxygen atoms in total. The summed E-state index contributed by atoms with van der Waals surface area (Å²) < 4.78 is 3.52. The van der Waals surface area contributed by atoms with Gasteiger partial charge in [-0.1, -0.05) is 13.3 Å². The Morgan fingerprint density at radius 1 is 1.46 bits per heavy atom. The number of nitrogens with two attached hydrogens (primary N) is 1. The molecule has 4 heteroatoms. The van der Waals surface area contributed by atoms with Crippen LogP contribution in [0.1, 0.15) is 25.5 Å². The van der Waals surface area contributed by atoms with E-state index in [1.165, 1.54) is 0 Å². The van der Waals surface area contributed by atoms with Crippen LogP contribution in [-0.4, -0.2) is 9.36 Å². The molecule has 0 saturated heterocycles. The molecule has 0 aliphatic carbocycles. The molecule has 2 N–H and O–H groups in total. The van der Waals surface area contributed by atoms with Gasteiger partial charge in [-0.25, -0.2) is 4.68 Å². The first-order valence-corrected chi connectivity index (χ1v) is 4.61. The normalized spacial score (nSPS) is 10.7. The van der Waals surface area contributed by atoms with Crippen LogP contribution < -0.4 is 11.3 Å².